The SMILES string of the molecule is COCCN(CCCOc1ccc(C)cc1-c1nc2nc(C(=O)O)nc(NC(C)C3CC3)c2n1Cc1ccc(Cl)cc1)CCOC. The van der Waals surface area contributed by atoms with Crippen LogP contribution in [0.1, 0.15) is 47.9 Å². The van der Waals surface area contributed by atoms with E-state index in [2.05, 4.69) is 27.1 Å². The molecule has 0 saturated heterocycles. The highest BCUT2D eigenvalue weighted by Gasteiger charge is 2.30. The van der Waals surface area contributed by atoms with Crippen molar-refractivity contribution in [2.75, 3.05) is 59.0 Å². The van der Waals surface area contributed by atoms with Gasteiger partial charge in [-0.15, -0.1) is 0 Å². The molecule has 4 aromatic rings. The van der Waals surface area contributed by atoms with E-state index >= 15 is 0 Å². The zero-order valence-electron chi connectivity index (χ0n) is 27.0. The minimum atomic E-state index is -1.21. The lowest BCUT2D eigenvalue weighted by Gasteiger charge is -2.21. The maximum absolute atomic E-state index is 12.1. The molecular formula is C34H43ClN6O5. The van der Waals surface area contributed by atoms with Crippen LogP contribution in [0, 0.1) is 12.8 Å². The summed E-state index contributed by atoms with van der Waals surface area (Å²) >= 11 is 6.21. The topological polar surface area (TPSA) is 124 Å². The Balaban J connectivity index is 1.53. The van der Waals surface area contributed by atoms with Crippen molar-refractivity contribution < 1.29 is 24.1 Å². The van der Waals surface area contributed by atoms with Gasteiger partial charge in [0.25, 0.3) is 0 Å². The summed E-state index contributed by atoms with van der Waals surface area (Å²) in [7, 11) is 3.41. The van der Waals surface area contributed by atoms with Crippen LogP contribution >= 0.6 is 11.6 Å². The molecule has 2 aromatic heterocycles. The molecule has 0 spiro atoms. The fraction of sp³-hybridized carbons (Fsp3) is 0.471. The van der Waals surface area contributed by atoms with Gasteiger partial charge in [-0.25, -0.2) is 19.7 Å². The molecule has 1 aliphatic carbocycles. The van der Waals surface area contributed by atoms with Crippen LogP contribution in [0.15, 0.2) is 42.5 Å². The summed E-state index contributed by atoms with van der Waals surface area (Å²) < 4.78 is 19.0. The number of nitrogens with zero attached hydrogens (tertiary/aromatic N) is 5. The number of halogens is 1. The van der Waals surface area contributed by atoms with E-state index in [0.717, 1.165) is 55.6 Å². The number of ether oxygens (including phenoxy) is 3. The minimum Gasteiger partial charge on any atom is -0.493 e. The van der Waals surface area contributed by atoms with Crippen molar-refractivity contribution in [1.29, 1.82) is 0 Å². The molecule has 1 atom stereocenters. The summed E-state index contributed by atoms with van der Waals surface area (Å²) in [5, 5.41) is 14.0. The second-order valence-corrected chi connectivity index (χ2v) is 12.3. The quantitative estimate of drug-likeness (QED) is 0.128. The molecule has 11 nitrogen and oxygen atoms in total. The molecule has 5 rings (SSSR count). The van der Waals surface area contributed by atoms with Gasteiger partial charge >= 0.3 is 5.97 Å². The maximum atomic E-state index is 12.1. The predicted molar refractivity (Wildman–Crippen MR) is 179 cm³/mol. The largest absolute Gasteiger partial charge is 0.493 e. The number of rotatable bonds is 18. The first kappa shape index (κ1) is 33.6. The zero-order valence-corrected chi connectivity index (χ0v) is 27.7. The number of benzene rings is 2. The number of fused-ring (bicyclic) bond motifs is 1. The molecule has 1 fully saturated rings. The van der Waals surface area contributed by atoms with Crippen molar-refractivity contribution >= 4 is 34.6 Å². The molecule has 12 heteroatoms. The van der Waals surface area contributed by atoms with Gasteiger partial charge in [0.2, 0.25) is 5.82 Å². The number of hydrogen-bond acceptors (Lipinski definition) is 9. The van der Waals surface area contributed by atoms with Crippen molar-refractivity contribution in [3.63, 3.8) is 0 Å². The Morgan fingerprint density at radius 3 is 2.41 bits per heavy atom. The summed E-state index contributed by atoms with van der Waals surface area (Å²) in [4.78, 5) is 28.2. The van der Waals surface area contributed by atoms with E-state index in [1.54, 1.807) is 14.2 Å². The molecule has 2 N–H and O–H groups in total. The number of methoxy groups -OCH3 is 2. The summed E-state index contributed by atoms with van der Waals surface area (Å²) in [6, 6.07) is 13.8. The van der Waals surface area contributed by atoms with Crippen LogP contribution in [0.5, 0.6) is 5.75 Å². The van der Waals surface area contributed by atoms with Crippen molar-refractivity contribution in [1.82, 2.24) is 24.4 Å². The number of aromatic carboxylic acids is 1. The Kier molecular flexibility index (Phi) is 11.5. The molecule has 2 heterocycles. The number of hydrogen-bond donors (Lipinski definition) is 2. The smallest absolute Gasteiger partial charge is 0.374 e. The first-order valence-corrected chi connectivity index (χ1v) is 16.1. The van der Waals surface area contributed by atoms with Gasteiger partial charge in [-0.2, -0.15) is 0 Å². The van der Waals surface area contributed by atoms with Crippen molar-refractivity contribution in [2.45, 2.75) is 45.7 Å². The van der Waals surface area contributed by atoms with Gasteiger partial charge < -0.3 is 29.2 Å². The Hall–Kier alpha value is -3.77. The molecule has 1 saturated carbocycles. The molecule has 0 aliphatic heterocycles. The van der Waals surface area contributed by atoms with Gasteiger partial charge in [-0.1, -0.05) is 35.4 Å². The number of anilines is 1. The molecule has 1 unspecified atom stereocenters. The average molecular weight is 651 g/mol. The third-order valence-electron chi connectivity index (χ3n) is 8.22. The predicted octanol–water partition coefficient (Wildman–Crippen LogP) is 5.78. The highest BCUT2D eigenvalue weighted by Crippen LogP contribution is 2.37. The third kappa shape index (κ3) is 8.52. The van der Waals surface area contributed by atoms with Gasteiger partial charge in [0.15, 0.2) is 11.5 Å². The van der Waals surface area contributed by atoms with Gasteiger partial charge in [-0.3, -0.25) is 4.90 Å². The summed E-state index contributed by atoms with van der Waals surface area (Å²) in [5.41, 5.74) is 3.77. The molecule has 0 bridgehead atoms. The molecule has 0 amide bonds. The summed E-state index contributed by atoms with van der Waals surface area (Å²) in [6.07, 6.45) is 3.07. The van der Waals surface area contributed by atoms with Crippen molar-refractivity contribution in [2.24, 2.45) is 5.92 Å². The molecule has 246 valence electrons. The first-order valence-electron chi connectivity index (χ1n) is 15.7. The summed E-state index contributed by atoms with van der Waals surface area (Å²) in [5.74, 6) is 0.768. The number of nitrogens with one attached hydrogen (secondary N) is 1. The Morgan fingerprint density at radius 1 is 1.04 bits per heavy atom. The Labute approximate surface area is 274 Å². The van der Waals surface area contributed by atoms with E-state index in [1.165, 1.54) is 0 Å². The van der Waals surface area contributed by atoms with Gasteiger partial charge in [0, 0.05) is 51.5 Å². The lowest BCUT2D eigenvalue weighted by molar-refractivity contribution is 0.0684. The van der Waals surface area contributed by atoms with Gasteiger partial charge in [0.05, 0.1) is 25.4 Å². The van der Waals surface area contributed by atoms with Crippen LogP contribution in [-0.4, -0.2) is 95.2 Å². The molecule has 2 aromatic carbocycles. The van der Waals surface area contributed by atoms with Gasteiger partial charge in [0.1, 0.15) is 17.1 Å². The monoisotopic (exact) mass is 650 g/mol. The van der Waals surface area contributed by atoms with Crippen molar-refractivity contribution in [3.05, 3.63) is 64.4 Å². The van der Waals surface area contributed by atoms with Crippen LogP contribution in [0.2, 0.25) is 5.02 Å². The van der Waals surface area contributed by atoms with Crippen LogP contribution in [0.3, 0.4) is 0 Å². The number of aryl methyl sites for hydroxylation is 1. The van der Waals surface area contributed by atoms with Crippen LogP contribution in [0.25, 0.3) is 22.6 Å². The van der Waals surface area contributed by atoms with Crippen LogP contribution < -0.4 is 10.1 Å². The van der Waals surface area contributed by atoms with Crippen molar-refractivity contribution in [3.8, 4) is 17.1 Å². The van der Waals surface area contributed by atoms with E-state index in [9.17, 15) is 9.90 Å². The summed E-state index contributed by atoms with van der Waals surface area (Å²) in [6.45, 7) is 8.84. The van der Waals surface area contributed by atoms with E-state index in [-0.39, 0.29) is 11.9 Å². The molecule has 46 heavy (non-hydrogen) atoms. The highest BCUT2D eigenvalue weighted by atomic mass is 35.5. The fourth-order valence-electron chi connectivity index (χ4n) is 5.48. The lowest BCUT2D eigenvalue weighted by Crippen LogP contribution is -2.32. The van der Waals surface area contributed by atoms with E-state index in [0.29, 0.717) is 65.9 Å². The number of carboxylic acid groups (broad SMARTS) is 1. The third-order valence-corrected chi connectivity index (χ3v) is 8.47. The Morgan fingerprint density at radius 2 is 1.76 bits per heavy atom. The lowest BCUT2D eigenvalue weighted by atomic mass is 10.1. The van der Waals surface area contributed by atoms with E-state index in [4.69, 9.17) is 30.8 Å². The number of imidazole rings is 1. The second kappa shape index (κ2) is 15.7. The van der Waals surface area contributed by atoms with Crippen LogP contribution in [0.4, 0.5) is 5.82 Å². The van der Waals surface area contributed by atoms with Crippen LogP contribution in [-0.2, 0) is 16.0 Å². The average Bonchev–Trinajstić information content (AvgIpc) is 3.84. The standard InChI is InChI=1S/C34H43ClN6O5/c1-22-6-13-28(46-17-5-14-40(15-18-44-3)16-19-45-4)27(20-22)33-39-31-29(41(33)21-24-7-11-26(35)12-8-24)30(36-23(2)25-9-10-25)37-32(38-31)34(42)43/h6-8,11-13,20,23,25H,5,9-10,14-19,21H2,1-4H3,(H,42,43)(H,36,37,38). The molecule has 0 radical (unpaired) electrons. The highest BCUT2D eigenvalue weighted by molar-refractivity contribution is 6.30. The normalized spacial score (nSPS) is 13.8. The maximum Gasteiger partial charge on any atom is 0.374 e. The second-order valence-electron chi connectivity index (χ2n) is 11.8. The Bertz CT molecular complexity index is 1620. The molecule has 1 aliphatic rings. The number of aromatic nitrogens is 4. The fourth-order valence-corrected chi connectivity index (χ4v) is 5.61. The van der Waals surface area contributed by atoms with E-state index < -0.39 is 5.97 Å². The minimum absolute atomic E-state index is 0.118. The van der Waals surface area contributed by atoms with Gasteiger partial charge in [-0.05, 0) is 68.9 Å². The number of carboxylic acids is 1. The molecular weight excluding hydrogens is 608 g/mol. The first-order chi connectivity index (χ1) is 22.3. The number of carbonyl (C=O) groups is 1. The zero-order chi connectivity index (χ0) is 32.6. The van der Waals surface area contributed by atoms with E-state index in [1.807, 2.05) is 54.0 Å².